The van der Waals surface area contributed by atoms with E-state index in [2.05, 4.69) is 26.7 Å². The Bertz CT molecular complexity index is 947. The van der Waals surface area contributed by atoms with Gasteiger partial charge in [0.25, 0.3) is 0 Å². The number of ketones is 1. The Balaban J connectivity index is 1.43. The lowest BCUT2D eigenvalue weighted by molar-refractivity contribution is 0.101. The molecule has 2 saturated carbocycles. The average Bonchev–Trinajstić information content (AvgIpc) is 3.53. The normalized spacial score (nSPS) is 24.7. The molecule has 0 unspecified atom stereocenters. The van der Waals surface area contributed by atoms with Gasteiger partial charge in [0.1, 0.15) is 0 Å². The molecule has 0 aromatic carbocycles. The molecule has 2 fully saturated rings. The number of nitrogens with one attached hydrogen (secondary N) is 1. The van der Waals surface area contributed by atoms with Gasteiger partial charge in [0.05, 0.1) is 17.7 Å². The number of aromatic amines is 1. The van der Waals surface area contributed by atoms with Gasteiger partial charge in [-0.15, -0.1) is 10.2 Å². The summed E-state index contributed by atoms with van der Waals surface area (Å²) in [6.07, 6.45) is 8.80. The van der Waals surface area contributed by atoms with Gasteiger partial charge in [-0.25, -0.2) is 0 Å². The number of aromatic nitrogens is 4. The van der Waals surface area contributed by atoms with E-state index in [-0.39, 0.29) is 11.8 Å². The number of Topliss-reactive ketones (excluding diaryl/α,β-unsaturated/α-hetero) is 1. The molecular weight excluding hydrogens is 372 g/mol. The van der Waals surface area contributed by atoms with Crippen LogP contribution in [-0.2, 0) is 0 Å². The predicted octanol–water partition coefficient (Wildman–Crippen LogP) is 4.84. The van der Waals surface area contributed by atoms with Crippen molar-refractivity contribution in [1.82, 2.24) is 19.7 Å². The summed E-state index contributed by atoms with van der Waals surface area (Å²) in [6.45, 7) is 2.28. The summed E-state index contributed by atoms with van der Waals surface area (Å²) in [5.41, 5.74) is 0.631. The van der Waals surface area contributed by atoms with Crippen LogP contribution < -0.4 is 0 Å². The van der Waals surface area contributed by atoms with E-state index in [9.17, 15) is 4.79 Å². The molecule has 0 spiro atoms. The lowest BCUT2D eigenvalue weighted by Crippen LogP contribution is -2.23. The number of hydrogen-bond acceptors (Lipinski definition) is 5. The van der Waals surface area contributed by atoms with Crippen molar-refractivity contribution in [2.75, 3.05) is 5.75 Å². The van der Waals surface area contributed by atoms with Gasteiger partial charge in [-0.2, -0.15) is 0 Å². The highest BCUT2D eigenvalue weighted by Gasteiger charge is 2.43. The first-order valence-corrected chi connectivity index (χ1v) is 11.0. The Morgan fingerprint density at radius 1 is 1.32 bits per heavy atom. The zero-order chi connectivity index (χ0) is 19.1. The van der Waals surface area contributed by atoms with Crippen molar-refractivity contribution >= 4 is 17.5 Å². The zero-order valence-corrected chi connectivity index (χ0v) is 16.7. The van der Waals surface area contributed by atoms with Crippen LogP contribution in [0.4, 0.5) is 0 Å². The van der Waals surface area contributed by atoms with Gasteiger partial charge in [0.2, 0.25) is 5.82 Å². The van der Waals surface area contributed by atoms with Crippen LogP contribution in [0.5, 0.6) is 0 Å². The molecule has 2 bridgehead atoms. The lowest BCUT2D eigenvalue weighted by atomic mass is 9.84. The van der Waals surface area contributed by atoms with E-state index in [1.807, 2.05) is 18.2 Å². The van der Waals surface area contributed by atoms with Gasteiger partial charge >= 0.3 is 0 Å². The van der Waals surface area contributed by atoms with Crippen LogP contribution >= 0.6 is 11.8 Å². The molecule has 4 atom stereocenters. The first kappa shape index (κ1) is 17.8. The third-order valence-corrected chi connectivity index (χ3v) is 7.40. The number of thioether (sulfide) groups is 1. The summed E-state index contributed by atoms with van der Waals surface area (Å²) in [5, 5.41) is 9.66. The van der Waals surface area contributed by atoms with Gasteiger partial charge in [-0.05, 0) is 68.2 Å². The van der Waals surface area contributed by atoms with E-state index >= 15 is 0 Å². The van der Waals surface area contributed by atoms with Crippen LogP contribution in [0, 0.1) is 17.8 Å². The predicted molar refractivity (Wildman–Crippen MR) is 107 cm³/mol. The molecule has 5 rings (SSSR count). The van der Waals surface area contributed by atoms with Crippen LogP contribution in [0.3, 0.4) is 0 Å². The second-order valence-corrected chi connectivity index (χ2v) is 8.97. The van der Waals surface area contributed by atoms with Crippen LogP contribution in [-0.4, -0.2) is 31.3 Å². The second-order valence-electron chi connectivity index (χ2n) is 8.03. The number of furan rings is 1. The lowest BCUT2D eigenvalue weighted by Gasteiger charge is -2.30. The largest absolute Gasteiger partial charge is 0.461 e. The Morgan fingerprint density at radius 2 is 2.25 bits per heavy atom. The van der Waals surface area contributed by atoms with E-state index in [0.29, 0.717) is 17.4 Å². The number of H-pyrrole nitrogens is 1. The fourth-order valence-electron chi connectivity index (χ4n) is 5.10. The third-order valence-electron chi connectivity index (χ3n) is 6.46. The Morgan fingerprint density at radius 3 is 2.93 bits per heavy atom. The first-order chi connectivity index (χ1) is 13.7. The summed E-state index contributed by atoms with van der Waals surface area (Å²) >= 11 is 1.46. The highest BCUT2D eigenvalue weighted by molar-refractivity contribution is 7.99. The molecule has 146 valence electrons. The molecule has 2 aliphatic carbocycles. The van der Waals surface area contributed by atoms with Crippen molar-refractivity contribution in [1.29, 1.82) is 0 Å². The standard InChI is InChI=1S/C21H24N4O2S/c1-13(16-11-14-6-7-15(16)10-14)25-20(19-5-3-9-27-19)23-24-21(25)28-12-18(26)17-4-2-8-22-17/h2-5,8-9,13-16,22H,6-7,10-12H2,1H3/t13-,14+,15+,16+/m1/s1. The number of nitrogens with zero attached hydrogens (tertiary/aromatic N) is 3. The molecule has 3 heterocycles. The van der Waals surface area contributed by atoms with Crippen molar-refractivity contribution in [3.05, 3.63) is 42.4 Å². The summed E-state index contributed by atoms with van der Waals surface area (Å²) in [5.74, 6) is 4.20. The van der Waals surface area contributed by atoms with Gasteiger partial charge in [-0.3, -0.25) is 9.36 Å². The highest BCUT2D eigenvalue weighted by Crippen LogP contribution is 2.52. The van der Waals surface area contributed by atoms with Gasteiger partial charge in [0.15, 0.2) is 16.7 Å². The molecule has 3 aromatic rings. The Kier molecular flexibility index (Phi) is 4.62. The molecule has 28 heavy (non-hydrogen) atoms. The maximum atomic E-state index is 12.4. The average molecular weight is 397 g/mol. The van der Waals surface area contributed by atoms with E-state index in [4.69, 9.17) is 4.42 Å². The van der Waals surface area contributed by atoms with Gasteiger partial charge in [-0.1, -0.05) is 18.2 Å². The Labute approximate surface area is 168 Å². The molecule has 7 heteroatoms. The second kappa shape index (κ2) is 7.28. The topological polar surface area (TPSA) is 76.7 Å². The minimum atomic E-state index is 0.0664. The van der Waals surface area contributed by atoms with E-state index in [0.717, 1.165) is 28.6 Å². The molecule has 0 amide bonds. The number of hydrogen-bond donors (Lipinski definition) is 1. The molecular formula is C21H24N4O2S. The number of rotatable bonds is 7. The maximum absolute atomic E-state index is 12.4. The smallest absolute Gasteiger partial charge is 0.200 e. The number of carbonyl (C=O) groups is 1. The molecule has 0 saturated heterocycles. The van der Waals surface area contributed by atoms with Crippen molar-refractivity contribution in [3.8, 4) is 11.6 Å². The minimum Gasteiger partial charge on any atom is -0.461 e. The monoisotopic (exact) mass is 396 g/mol. The van der Waals surface area contributed by atoms with Crippen LogP contribution in [0.2, 0.25) is 0 Å². The highest BCUT2D eigenvalue weighted by atomic mass is 32.2. The van der Waals surface area contributed by atoms with Crippen LogP contribution in [0.25, 0.3) is 11.6 Å². The summed E-state index contributed by atoms with van der Waals surface area (Å²) in [7, 11) is 0. The van der Waals surface area contributed by atoms with Crippen molar-refractivity contribution < 1.29 is 9.21 Å². The third kappa shape index (κ3) is 3.11. The maximum Gasteiger partial charge on any atom is 0.200 e. The number of carbonyl (C=O) groups excluding carboxylic acids is 1. The molecule has 1 N–H and O–H groups in total. The van der Waals surface area contributed by atoms with E-state index in [1.165, 1.54) is 37.4 Å². The SMILES string of the molecule is C[C@H]([C@@H]1C[C@H]2CC[C@H]1C2)n1c(SCC(=O)c2ccc[nH]2)nnc1-c1ccco1. The molecule has 0 radical (unpaired) electrons. The molecule has 0 aliphatic heterocycles. The fourth-order valence-corrected chi connectivity index (χ4v) is 6.01. The zero-order valence-electron chi connectivity index (χ0n) is 15.9. The molecule has 3 aromatic heterocycles. The fraction of sp³-hybridized carbons (Fsp3) is 0.476. The van der Waals surface area contributed by atoms with Crippen molar-refractivity contribution in [2.45, 2.75) is 43.8 Å². The Hall–Kier alpha value is -2.28. The first-order valence-electron chi connectivity index (χ1n) is 9.99. The van der Waals surface area contributed by atoms with Crippen molar-refractivity contribution in [3.63, 3.8) is 0 Å². The van der Waals surface area contributed by atoms with Gasteiger partial charge in [0, 0.05) is 12.2 Å². The van der Waals surface area contributed by atoms with Crippen molar-refractivity contribution in [2.24, 2.45) is 17.8 Å². The quantitative estimate of drug-likeness (QED) is 0.457. The number of fused-ring (bicyclic) bond motifs is 2. The molecule has 6 nitrogen and oxygen atoms in total. The van der Waals surface area contributed by atoms with Crippen LogP contribution in [0.15, 0.2) is 46.3 Å². The minimum absolute atomic E-state index is 0.0664. The van der Waals surface area contributed by atoms with Crippen LogP contribution in [0.1, 0.15) is 49.1 Å². The summed E-state index contributed by atoms with van der Waals surface area (Å²) in [4.78, 5) is 15.4. The summed E-state index contributed by atoms with van der Waals surface area (Å²) in [6, 6.07) is 7.73. The summed E-state index contributed by atoms with van der Waals surface area (Å²) < 4.78 is 7.83. The van der Waals surface area contributed by atoms with Gasteiger partial charge < -0.3 is 9.40 Å². The van der Waals surface area contributed by atoms with E-state index in [1.54, 1.807) is 18.5 Å². The molecule has 2 aliphatic rings. The van der Waals surface area contributed by atoms with E-state index < -0.39 is 0 Å².